The Labute approximate surface area is 221 Å². The third-order valence-electron chi connectivity index (χ3n) is 4.55. The lowest BCUT2D eigenvalue weighted by atomic mass is 10.2. The van der Waals surface area contributed by atoms with Crippen LogP contribution in [-0.2, 0) is 4.74 Å². The number of hydrogen-bond donors (Lipinski definition) is 3. The highest BCUT2D eigenvalue weighted by Gasteiger charge is 2.20. The summed E-state index contributed by atoms with van der Waals surface area (Å²) < 4.78 is 24.4. The maximum Gasteiger partial charge on any atom is 0.412 e. The summed E-state index contributed by atoms with van der Waals surface area (Å²) in [4.78, 5) is 31.7. The third kappa shape index (κ3) is 7.33. The lowest BCUT2D eigenvalue weighted by Gasteiger charge is -2.20. The van der Waals surface area contributed by atoms with Crippen LogP contribution in [-0.4, -0.2) is 40.0 Å². The Morgan fingerprint density at radius 2 is 1.92 bits per heavy atom. The minimum Gasteiger partial charge on any atom is -0.494 e. The number of nitrogens with zero attached hydrogens (tertiary/aromatic N) is 3. The van der Waals surface area contributed by atoms with E-state index in [1.807, 2.05) is 6.26 Å². The predicted octanol–water partition coefficient (Wildman–Crippen LogP) is 6.74. The van der Waals surface area contributed by atoms with E-state index < -0.39 is 28.1 Å². The van der Waals surface area contributed by atoms with Crippen LogP contribution < -0.4 is 20.7 Å². The molecule has 1 amide bonds. The summed E-state index contributed by atoms with van der Waals surface area (Å²) in [7, 11) is 1.30. The van der Waals surface area contributed by atoms with Crippen LogP contribution in [0.4, 0.5) is 43.7 Å². The minimum atomic E-state index is -1.05. The number of rotatable bonds is 8. The van der Waals surface area contributed by atoms with Gasteiger partial charge in [-0.05, 0) is 45.2 Å². The number of halogens is 2. The summed E-state index contributed by atoms with van der Waals surface area (Å²) in [5, 5.41) is 19.9. The molecule has 0 saturated heterocycles. The van der Waals surface area contributed by atoms with E-state index in [0.717, 1.165) is 17.0 Å². The number of nitrogens with one attached hydrogen (secondary N) is 3. The second-order valence-electron chi connectivity index (χ2n) is 8.44. The number of carbonyl (C=O) groups is 1. The molecule has 3 aromatic rings. The Hall–Kier alpha value is -3.84. The van der Waals surface area contributed by atoms with Crippen molar-refractivity contribution in [1.29, 1.82) is 0 Å². The number of carbonyl (C=O) groups excluding carboxylic acids is 1. The van der Waals surface area contributed by atoms with Crippen LogP contribution in [0.5, 0.6) is 5.75 Å². The molecule has 0 aliphatic carbocycles. The first-order chi connectivity index (χ1) is 17.4. The number of aromatic nitrogens is 2. The van der Waals surface area contributed by atoms with Crippen molar-refractivity contribution in [1.82, 2.24) is 9.97 Å². The SMILES string of the molecule is COc1cc(F)c([N+](=O)[O-])cc1Nc1ncc(Cl)c(Nc2cc(NC(=O)OC(C)(C)C)ccc2SC)n1. The van der Waals surface area contributed by atoms with Crippen molar-refractivity contribution in [3.8, 4) is 5.75 Å². The smallest absolute Gasteiger partial charge is 0.412 e. The van der Waals surface area contributed by atoms with Crippen molar-refractivity contribution in [2.45, 2.75) is 31.3 Å². The molecule has 0 aliphatic heterocycles. The van der Waals surface area contributed by atoms with Gasteiger partial charge in [0.05, 0.1) is 29.6 Å². The molecular formula is C23H24ClFN6O5S. The first kappa shape index (κ1) is 27.7. The maximum absolute atomic E-state index is 14.0. The van der Waals surface area contributed by atoms with Crippen molar-refractivity contribution >= 4 is 64.0 Å². The lowest BCUT2D eigenvalue weighted by Crippen LogP contribution is -2.27. The fraction of sp³-hybridized carbons (Fsp3) is 0.261. The van der Waals surface area contributed by atoms with Crippen molar-refractivity contribution in [2.75, 3.05) is 29.3 Å². The third-order valence-corrected chi connectivity index (χ3v) is 5.63. The van der Waals surface area contributed by atoms with Gasteiger partial charge >= 0.3 is 11.8 Å². The molecule has 0 unspecified atom stereocenters. The monoisotopic (exact) mass is 550 g/mol. The fourth-order valence-electron chi connectivity index (χ4n) is 3.02. The average molecular weight is 551 g/mol. The van der Waals surface area contributed by atoms with Gasteiger partial charge < -0.3 is 20.1 Å². The zero-order chi connectivity index (χ0) is 27.3. The van der Waals surface area contributed by atoms with Gasteiger partial charge in [-0.1, -0.05) is 11.6 Å². The summed E-state index contributed by atoms with van der Waals surface area (Å²) in [5.74, 6) is -0.808. The molecule has 0 aliphatic rings. The number of nitro benzene ring substituents is 1. The molecule has 11 nitrogen and oxygen atoms in total. The van der Waals surface area contributed by atoms with E-state index in [0.29, 0.717) is 11.4 Å². The largest absolute Gasteiger partial charge is 0.494 e. The molecule has 1 heterocycles. The van der Waals surface area contributed by atoms with E-state index in [1.54, 1.807) is 39.0 Å². The van der Waals surface area contributed by atoms with Crippen LogP contribution in [0.3, 0.4) is 0 Å². The Balaban J connectivity index is 1.90. The van der Waals surface area contributed by atoms with Crippen LogP contribution in [0, 0.1) is 15.9 Å². The zero-order valence-corrected chi connectivity index (χ0v) is 22.1. The number of anilines is 5. The second kappa shape index (κ2) is 11.5. The van der Waals surface area contributed by atoms with E-state index in [1.165, 1.54) is 25.1 Å². The Kier molecular flexibility index (Phi) is 8.61. The van der Waals surface area contributed by atoms with E-state index >= 15 is 0 Å². The highest BCUT2D eigenvalue weighted by atomic mass is 35.5. The number of amides is 1. The predicted molar refractivity (Wildman–Crippen MR) is 141 cm³/mol. The molecule has 0 bridgehead atoms. The molecule has 2 aromatic carbocycles. The zero-order valence-electron chi connectivity index (χ0n) is 20.5. The van der Waals surface area contributed by atoms with Gasteiger partial charge in [-0.3, -0.25) is 15.4 Å². The van der Waals surface area contributed by atoms with Gasteiger partial charge in [-0.25, -0.2) is 9.78 Å². The number of nitro groups is 1. The fourth-order valence-corrected chi connectivity index (χ4v) is 3.69. The van der Waals surface area contributed by atoms with Gasteiger partial charge in [0, 0.05) is 22.7 Å². The number of thioether (sulfide) groups is 1. The topological polar surface area (TPSA) is 141 Å². The molecule has 0 radical (unpaired) electrons. The number of hydrogen-bond acceptors (Lipinski definition) is 10. The van der Waals surface area contributed by atoms with Gasteiger partial charge in [0.2, 0.25) is 11.8 Å². The molecule has 1 aromatic heterocycles. The summed E-state index contributed by atoms with van der Waals surface area (Å²) >= 11 is 7.76. The van der Waals surface area contributed by atoms with E-state index in [-0.39, 0.29) is 28.2 Å². The van der Waals surface area contributed by atoms with Crippen LogP contribution >= 0.6 is 23.4 Å². The van der Waals surface area contributed by atoms with Crippen molar-refractivity contribution < 1.29 is 23.6 Å². The van der Waals surface area contributed by atoms with Crippen molar-refractivity contribution in [3.05, 3.63) is 57.5 Å². The second-order valence-corrected chi connectivity index (χ2v) is 9.70. The Morgan fingerprint density at radius 3 is 2.54 bits per heavy atom. The van der Waals surface area contributed by atoms with Crippen molar-refractivity contribution in [3.63, 3.8) is 0 Å². The van der Waals surface area contributed by atoms with Gasteiger partial charge in [-0.15, -0.1) is 11.8 Å². The van der Waals surface area contributed by atoms with Gasteiger partial charge in [0.1, 0.15) is 16.4 Å². The van der Waals surface area contributed by atoms with Gasteiger partial charge in [0.15, 0.2) is 5.82 Å². The van der Waals surface area contributed by atoms with Crippen LogP contribution in [0.1, 0.15) is 20.8 Å². The molecule has 0 atom stereocenters. The van der Waals surface area contributed by atoms with Crippen molar-refractivity contribution in [2.24, 2.45) is 0 Å². The molecule has 37 heavy (non-hydrogen) atoms. The van der Waals surface area contributed by atoms with Crippen LogP contribution in [0.15, 0.2) is 41.4 Å². The molecule has 3 N–H and O–H groups in total. The summed E-state index contributed by atoms with van der Waals surface area (Å²) in [6, 6.07) is 7.09. The van der Waals surface area contributed by atoms with Gasteiger partial charge in [0.25, 0.3) is 0 Å². The maximum atomic E-state index is 14.0. The molecule has 0 saturated carbocycles. The molecule has 14 heteroatoms. The van der Waals surface area contributed by atoms with E-state index in [4.69, 9.17) is 21.1 Å². The van der Waals surface area contributed by atoms with Gasteiger partial charge in [-0.2, -0.15) is 9.37 Å². The number of ether oxygens (including phenoxy) is 2. The quantitative estimate of drug-likeness (QED) is 0.157. The molecule has 196 valence electrons. The summed E-state index contributed by atoms with van der Waals surface area (Å²) in [6.07, 6.45) is 2.60. The normalized spacial score (nSPS) is 11.0. The highest BCUT2D eigenvalue weighted by Crippen LogP contribution is 2.35. The standard InChI is InChI=1S/C23H24ClFN6O5S/c1-23(2,3)36-22(32)27-12-6-7-19(37-5)16(8-12)28-20-13(24)11-26-21(30-20)29-15-10-17(31(33)34)14(25)9-18(15)35-4/h6-11H,1-5H3,(H,27,32)(H2,26,28,29,30). The molecule has 3 rings (SSSR count). The highest BCUT2D eigenvalue weighted by molar-refractivity contribution is 7.98. The first-order valence-electron chi connectivity index (χ1n) is 10.7. The summed E-state index contributed by atoms with van der Waals surface area (Å²) in [5.41, 5.74) is -0.258. The first-order valence-corrected chi connectivity index (χ1v) is 12.3. The molecular weight excluding hydrogens is 527 g/mol. The van der Waals surface area contributed by atoms with E-state index in [2.05, 4.69) is 25.9 Å². The Morgan fingerprint density at radius 1 is 1.19 bits per heavy atom. The minimum absolute atomic E-state index is 0.0137. The molecule has 0 fully saturated rings. The summed E-state index contributed by atoms with van der Waals surface area (Å²) in [6.45, 7) is 5.29. The lowest BCUT2D eigenvalue weighted by molar-refractivity contribution is -0.387. The van der Waals surface area contributed by atoms with Crippen LogP contribution in [0.2, 0.25) is 5.02 Å². The van der Waals surface area contributed by atoms with Crippen LogP contribution in [0.25, 0.3) is 0 Å². The number of methoxy groups -OCH3 is 1. The average Bonchev–Trinajstić information content (AvgIpc) is 2.80. The number of benzene rings is 2. The molecule has 0 spiro atoms. The van der Waals surface area contributed by atoms with E-state index in [9.17, 15) is 19.3 Å². The Bertz CT molecular complexity index is 1340.